The average molecular weight is 461 g/mol. The number of carbonyl (C=O) groups is 3. The largest absolute Gasteiger partial charge is 0.330 e. The molecular weight excluding hydrogens is 424 g/mol. The monoisotopic (exact) mass is 460 g/mol. The van der Waals surface area contributed by atoms with Crippen molar-refractivity contribution in [3.8, 4) is 0 Å². The van der Waals surface area contributed by atoms with Crippen molar-refractivity contribution in [1.82, 2.24) is 4.90 Å². The molecule has 5 nitrogen and oxygen atoms in total. The molecule has 1 aliphatic rings. The lowest BCUT2D eigenvalue weighted by Crippen LogP contribution is -2.48. The zero-order valence-electron chi connectivity index (χ0n) is 20.9. The molecule has 1 saturated heterocycles. The van der Waals surface area contributed by atoms with Crippen LogP contribution >= 0.6 is 0 Å². The number of ketones is 1. The maximum Gasteiger partial charge on any atom is 0.247 e. The van der Waals surface area contributed by atoms with Crippen molar-refractivity contribution < 1.29 is 14.4 Å². The summed E-state index contributed by atoms with van der Waals surface area (Å²) in [6.45, 7) is 10.4. The lowest BCUT2D eigenvalue weighted by molar-refractivity contribution is -0.144. The molecular formula is C29H36N2O3. The molecule has 1 aliphatic heterocycles. The van der Waals surface area contributed by atoms with Gasteiger partial charge in [0.2, 0.25) is 11.8 Å². The Bertz CT molecular complexity index is 1050. The van der Waals surface area contributed by atoms with Crippen LogP contribution < -0.4 is 5.32 Å². The predicted octanol–water partition coefficient (Wildman–Crippen LogP) is 5.65. The Morgan fingerprint density at radius 1 is 1.06 bits per heavy atom. The van der Waals surface area contributed by atoms with Crippen LogP contribution in [-0.2, 0) is 14.4 Å². The van der Waals surface area contributed by atoms with Gasteiger partial charge in [-0.1, -0.05) is 68.8 Å². The molecule has 1 fully saturated rings. The fourth-order valence-electron chi connectivity index (χ4n) is 4.42. The molecule has 0 spiro atoms. The van der Waals surface area contributed by atoms with Crippen molar-refractivity contribution in [3.05, 3.63) is 71.8 Å². The Morgan fingerprint density at radius 2 is 1.71 bits per heavy atom. The first-order valence-electron chi connectivity index (χ1n) is 12.0. The number of nitrogens with one attached hydrogen (secondary N) is 1. The van der Waals surface area contributed by atoms with Crippen LogP contribution in [0, 0.1) is 18.3 Å². The van der Waals surface area contributed by atoms with E-state index < -0.39 is 17.4 Å². The van der Waals surface area contributed by atoms with Gasteiger partial charge < -0.3 is 10.2 Å². The first-order chi connectivity index (χ1) is 16.1. The van der Waals surface area contributed by atoms with E-state index in [1.54, 1.807) is 11.0 Å². The lowest BCUT2D eigenvalue weighted by Gasteiger charge is -2.34. The smallest absolute Gasteiger partial charge is 0.247 e. The summed E-state index contributed by atoms with van der Waals surface area (Å²) in [5.41, 5.74) is 3.34. The molecule has 0 radical (unpaired) electrons. The number of allylic oxidation sites excluding steroid dienone is 2. The number of likely N-dealkylation sites (tertiary alicyclic amines) is 1. The minimum absolute atomic E-state index is 0.0733. The number of nitrogens with zero attached hydrogens (tertiary/aromatic N) is 1. The van der Waals surface area contributed by atoms with Gasteiger partial charge >= 0.3 is 0 Å². The minimum atomic E-state index is -0.516. The zero-order chi connectivity index (χ0) is 24.9. The molecule has 2 aromatic rings. The van der Waals surface area contributed by atoms with Crippen molar-refractivity contribution in [2.75, 3.05) is 11.9 Å². The Labute approximate surface area is 203 Å². The second-order valence-electron chi connectivity index (χ2n) is 10.3. The van der Waals surface area contributed by atoms with Crippen molar-refractivity contribution in [3.63, 3.8) is 0 Å². The number of carbonyl (C=O) groups excluding carboxylic acids is 3. The summed E-state index contributed by atoms with van der Waals surface area (Å²) in [4.78, 5) is 41.3. The summed E-state index contributed by atoms with van der Waals surface area (Å²) in [7, 11) is 0. The molecule has 1 heterocycles. The topological polar surface area (TPSA) is 66.5 Å². The maximum atomic E-state index is 13.7. The Kier molecular flexibility index (Phi) is 8.08. The van der Waals surface area contributed by atoms with Gasteiger partial charge in [0.05, 0.1) is 5.92 Å². The molecule has 2 amide bonds. The van der Waals surface area contributed by atoms with Crippen LogP contribution in [0.3, 0.4) is 0 Å². The third kappa shape index (κ3) is 6.43. The average Bonchev–Trinajstić information content (AvgIpc) is 3.27. The van der Waals surface area contributed by atoms with Gasteiger partial charge in [0, 0.05) is 18.7 Å². The van der Waals surface area contributed by atoms with Crippen molar-refractivity contribution in [2.45, 2.75) is 59.9 Å². The zero-order valence-corrected chi connectivity index (χ0v) is 20.9. The molecule has 34 heavy (non-hydrogen) atoms. The van der Waals surface area contributed by atoms with Gasteiger partial charge in [0.15, 0.2) is 5.78 Å². The van der Waals surface area contributed by atoms with Crippen LogP contribution in [0.25, 0.3) is 5.57 Å². The van der Waals surface area contributed by atoms with Gasteiger partial charge in [0.25, 0.3) is 0 Å². The van der Waals surface area contributed by atoms with Crippen LogP contribution in [0.1, 0.15) is 58.1 Å². The fraction of sp³-hybridized carbons (Fsp3) is 0.414. The molecule has 180 valence electrons. The molecule has 0 unspecified atom stereocenters. The highest BCUT2D eigenvalue weighted by atomic mass is 16.2. The Hall–Kier alpha value is -3.21. The standard InChI is InChI=1S/C29H36N2O3/c1-20-13-15-22(16-14-20)21(2)18-24(32)19-25(29(3,4)5)28(34)31-17-9-12-26(31)27(33)30-23-10-7-6-8-11-23/h6-8,10-11,13-16,18,25-26H,9,12,17,19H2,1-5H3,(H,30,33)/b21-18+/t25-,26+/m1/s1. The first kappa shape index (κ1) is 25.4. The maximum absolute atomic E-state index is 13.7. The van der Waals surface area contributed by atoms with E-state index in [0.29, 0.717) is 18.7 Å². The van der Waals surface area contributed by atoms with E-state index in [2.05, 4.69) is 5.32 Å². The number of rotatable bonds is 7. The molecule has 2 atom stereocenters. The van der Waals surface area contributed by atoms with Crippen LogP contribution in [0.2, 0.25) is 0 Å². The van der Waals surface area contributed by atoms with Crippen LogP contribution in [-0.4, -0.2) is 35.1 Å². The summed E-state index contributed by atoms with van der Waals surface area (Å²) >= 11 is 0. The third-order valence-corrected chi connectivity index (χ3v) is 6.51. The van der Waals surface area contributed by atoms with E-state index in [-0.39, 0.29) is 24.0 Å². The van der Waals surface area contributed by atoms with Gasteiger partial charge in [0.1, 0.15) is 6.04 Å². The highest BCUT2D eigenvalue weighted by Crippen LogP contribution is 2.34. The molecule has 0 saturated carbocycles. The minimum Gasteiger partial charge on any atom is -0.330 e. The van der Waals surface area contributed by atoms with E-state index in [1.165, 1.54) is 0 Å². The number of hydrogen-bond acceptors (Lipinski definition) is 3. The third-order valence-electron chi connectivity index (χ3n) is 6.51. The number of hydrogen-bond donors (Lipinski definition) is 1. The summed E-state index contributed by atoms with van der Waals surface area (Å²) in [6.07, 6.45) is 3.16. The van der Waals surface area contributed by atoms with Crippen LogP contribution in [0.15, 0.2) is 60.7 Å². The lowest BCUT2D eigenvalue weighted by atomic mass is 9.76. The number of aryl methyl sites for hydroxylation is 1. The van der Waals surface area contributed by atoms with Crippen molar-refractivity contribution >= 4 is 28.9 Å². The van der Waals surface area contributed by atoms with Gasteiger partial charge in [-0.05, 0) is 61.4 Å². The SMILES string of the molecule is C/C(=C\C(=O)C[C@H](C(=O)N1CCC[C@H]1C(=O)Nc1ccccc1)C(C)(C)C)c1ccc(C)cc1. The molecule has 0 aliphatic carbocycles. The second kappa shape index (κ2) is 10.8. The van der Waals surface area contributed by atoms with Gasteiger partial charge in [-0.3, -0.25) is 14.4 Å². The summed E-state index contributed by atoms with van der Waals surface area (Å²) in [5.74, 6) is -0.873. The molecule has 2 aromatic carbocycles. The van der Waals surface area contributed by atoms with E-state index in [4.69, 9.17) is 0 Å². The van der Waals surface area contributed by atoms with E-state index in [9.17, 15) is 14.4 Å². The highest BCUT2D eigenvalue weighted by molar-refractivity contribution is 6.01. The molecule has 3 rings (SSSR count). The van der Waals surface area contributed by atoms with Crippen molar-refractivity contribution in [1.29, 1.82) is 0 Å². The Balaban J connectivity index is 1.74. The predicted molar refractivity (Wildman–Crippen MR) is 137 cm³/mol. The quantitative estimate of drug-likeness (QED) is 0.543. The molecule has 0 aromatic heterocycles. The van der Waals surface area contributed by atoms with Gasteiger partial charge in [-0.25, -0.2) is 0 Å². The number of benzene rings is 2. The Morgan fingerprint density at radius 3 is 2.32 bits per heavy atom. The number of amides is 2. The number of para-hydroxylation sites is 1. The summed E-state index contributed by atoms with van der Waals surface area (Å²) in [5, 5.41) is 2.93. The van der Waals surface area contributed by atoms with Crippen molar-refractivity contribution in [2.24, 2.45) is 11.3 Å². The molecule has 5 heteroatoms. The van der Waals surface area contributed by atoms with Crippen LogP contribution in [0.5, 0.6) is 0 Å². The normalized spacial score (nSPS) is 17.4. The number of anilines is 1. The summed E-state index contributed by atoms with van der Waals surface area (Å²) in [6, 6.07) is 16.8. The second-order valence-corrected chi connectivity index (χ2v) is 10.3. The van der Waals surface area contributed by atoms with E-state index in [1.807, 2.05) is 89.2 Å². The molecule has 0 bridgehead atoms. The first-order valence-corrected chi connectivity index (χ1v) is 12.0. The highest BCUT2D eigenvalue weighted by Gasteiger charge is 2.41. The van der Waals surface area contributed by atoms with E-state index in [0.717, 1.165) is 23.1 Å². The van der Waals surface area contributed by atoms with Gasteiger partial charge in [-0.15, -0.1) is 0 Å². The molecule has 1 N–H and O–H groups in total. The fourth-order valence-corrected chi connectivity index (χ4v) is 4.42. The van der Waals surface area contributed by atoms with Crippen LogP contribution in [0.4, 0.5) is 5.69 Å². The summed E-state index contributed by atoms with van der Waals surface area (Å²) < 4.78 is 0. The van der Waals surface area contributed by atoms with E-state index >= 15 is 0 Å². The van der Waals surface area contributed by atoms with Gasteiger partial charge in [-0.2, -0.15) is 0 Å².